The van der Waals surface area contributed by atoms with Crippen molar-refractivity contribution in [1.82, 2.24) is 10.6 Å². The number of carbonyl (C=O) groups is 4. The van der Waals surface area contributed by atoms with Crippen LogP contribution >= 0.6 is 23.5 Å². The first-order valence-corrected chi connectivity index (χ1v) is 10.2. The van der Waals surface area contributed by atoms with Gasteiger partial charge in [0.2, 0.25) is 16.9 Å². The second-order valence-electron chi connectivity index (χ2n) is 5.83. The van der Waals surface area contributed by atoms with Crippen LogP contribution in [0.3, 0.4) is 0 Å². The van der Waals surface area contributed by atoms with E-state index in [1.165, 1.54) is 6.92 Å². The summed E-state index contributed by atoms with van der Waals surface area (Å²) in [6.45, 7) is 5.18. The molecule has 0 saturated carbocycles. The Morgan fingerprint density at radius 2 is 1.69 bits per heavy atom. The van der Waals surface area contributed by atoms with Crippen LogP contribution in [0.4, 0.5) is 0 Å². The largest absolute Gasteiger partial charge is 0.353 e. The van der Waals surface area contributed by atoms with Gasteiger partial charge in [0, 0.05) is 36.5 Å². The minimum absolute atomic E-state index is 0.0304. The van der Waals surface area contributed by atoms with Crippen LogP contribution in [0.2, 0.25) is 0 Å². The Hall–Kier alpha value is -1.80. The Balaban J connectivity index is 2.41. The minimum atomic E-state index is -0.782. The maximum absolute atomic E-state index is 12.2. The highest BCUT2D eigenvalue weighted by Crippen LogP contribution is 2.13. The summed E-state index contributed by atoms with van der Waals surface area (Å²) in [6, 6.07) is 8.13. The molecule has 0 saturated heterocycles. The summed E-state index contributed by atoms with van der Waals surface area (Å²) in [4.78, 5) is 47.2. The topological polar surface area (TPSA) is 92.3 Å². The first-order chi connectivity index (χ1) is 12.3. The number of carbonyl (C=O) groups excluding carboxylic acids is 4. The third-order valence-electron chi connectivity index (χ3n) is 3.20. The normalized spacial score (nSPS) is 11.7. The van der Waals surface area contributed by atoms with Crippen LogP contribution in [0.15, 0.2) is 30.3 Å². The van der Waals surface area contributed by atoms with Crippen LogP contribution in [-0.2, 0) is 14.4 Å². The van der Waals surface area contributed by atoms with Gasteiger partial charge in [-0.05, 0) is 0 Å². The molecule has 0 unspecified atom stereocenters. The van der Waals surface area contributed by atoms with Crippen molar-refractivity contribution in [2.45, 2.75) is 26.8 Å². The van der Waals surface area contributed by atoms with Crippen molar-refractivity contribution < 1.29 is 19.2 Å². The molecule has 0 aliphatic rings. The Labute approximate surface area is 162 Å². The maximum Gasteiger partial charge on any atom is 0.243 e. The van der Waals surface area contributed by atoms with E-state index >= 15 is 0 Å². The zero-order valence-corrected chi connectivity index (χ0v) is 16.7. The van der Waals surface area contributed by atoms with Gasteiger partial charge in [-0.25, -0.2) is 0 Å². The van der Waals surface area contributed by atoms with E-state index in [2.05, 4.69) is 10.6 Å². The van der Waals surface area contributed by atoms with Gasteiger partial charge in [-0.2, -0.15) is 0 Å². The summed E-state index contributed by atoms with van der Waals surface area (Å²) < 4.78 is 0. The molecule has 26 heavy (non-hydrogen) atoms. The van der Waals surface area contributed by atoms with E-state index in [9.17, 15) is 19.2 Å². The van der Waals surface area contributed by atoms with Gasteiger partial charge < -0.3 is 10.6 Å². The third kappa shape index (κ3) is 8.53. The van der Waals surface area contributed by atoms with Gasteiger partial charge in [-0.15, -0.1) is 0 Å². The van der Waals surface area contributed by atoms with Crippen LogP contribution in [0.25, 0.3) is 0 Å². The fourth-order valence-corrected chi connectivity index (χ4v) is 3.45. The SMILES string of the molecule is CC(=O)N[C@@H](CSC(=O)C(C)C)C(=O)NCCSC(=O)c1ccccc1. The Morgan fingerprint density at radius 1 is 1.04 bits per heavy atom. The molecular formula is C18H24N2O4S2. The van der Waals surface area contributed by atoms with E-state index in [-0.39, 0.29) is 33.7 Å². The lowest BCUT2D eigenvalue weighted by molar-refractivity contribution is -0.127. The summed E-state index contributed by atoms with van der Waals surface area (Å²) in [5.41, 5.74) is 0.614. The second-order valence-corrected chi connectivity index (χ2v) is 7.92. The van der Waals surface area contributed by atoms with E-state index < -0.39 is 6.04 Å². The second kappa shape index (κ2) is 11.7. The molecule has 0 bridgehead atoms. The summed E-state index contributed by atoms with van der Waals surface area (Å²) in [6.07, 6.45) is 0. The van der Waals surface area contributed by atoms with E-state index in [1.54, 1.807) is 38.1 Å². The van der Waals surface area contributed by atoms with Crippen molar-refractivity contribution >= 4 is 45.6 Å². The molecule has 1 aromatic carbocycles. The van der Waals surface area contributed by atoms with Crippen LogP contribution in [0.5, 0.6) is 0 Å². The van der Waals surface area contributed by atoms with E-state index in [1.807, 2.05) is 6.07 Å². The lowest BCUT2D eigenvalue weighted by Crippen LogP contribution is -2.48. The number of thioether (sulfide) groups is 2. The molecule has 0 aliphatic carbocycles. The molecule has 0 aliphatic heterocycles. The van der Waals surface area contributed by atoms with Gasteiger partial charge in [0.1, 0.15) is 6.04 Å². The van der Waals surface area contributed by atoms with Gasteiger partial charge in [0.15, 0.2) is 5.12 Å². The molecule has 2 amide bonds. The number of hydrogen-bond acceptors (Lipinski definition) is 6. The highest BCUT2D eigenvalue weighted by Gasteiger charge is 2.21. The predicted octanol–water partition coefficient (Wildman–Crippen LogP) is 2.10. The monoisotopic (exact) mass is 396 g/mol. The summed E-state index contributed by atoms with van der Waals surface area (Å²) >= 11 is 2.15. The fourth-order valence-electron chi connectivity index (χ4n) is 1.86. The van der Waals surface area contributed by atoms with Crippen LogP contribution in [-0.4, -0.2) is 46.1 Å². The van der Waals surface area contributed by atoms with E-state index in [0.29, 0.717) is 17.9 Å². The standard InChI is InChI=1S/C18H24N2O4S2/c1-12(2)17(23)26-11-15(20-13(3)21)16(22)19-9-10-25-18(24)14-7-5-4-6-8-14/h4-8,12,15H,9-11H2,1-3H3,(H,19,22)(H,20,21)/t15-/m0/s1. The number of hydrogen-bond donors (Lipinski definition) is 2. The van der Waals surface area contributed by atoms with Crippen LogP contribution in [0, 0.1) is 5.92 Å². The molecule has 6 nitrogen and oxygen atoms in total. The van der Waals surface area contributed by atoms with Gasteiger partial charge in [0.05, 0.1) is 0 Å². The lowest BCUT2D eigenvalue weighted by Gasteiger charge is -2.17. The average molecular weight is 397 g/mol. The molecule has 8 heteroatoms. The smallest absolute Gasteiger partial charge is 0.243 e. The first kappa shape index (κ1) is 22.2. The van der Waals surface area contributed by atoms with E-state index in [4.69, 9.17) is 0 Å². The summed E-state index contributed by atoms with van der Waals surface area (Å²) in [7, 11) is 0. The first-order valence-electron chi connectivity index (χ1n) is 8.25. The summed E-state index contributed by atoms with van der Waals surface area (Å²) in [5, 5.41) is 5.16. The number of benzene rings is 1. The molecule has 0 heterocycles. The van der Waals surface area contributed by atoms with Crippen molar-refractivity contribution in [1.29, 1.82) is 0 Å². The summed E-state index contributed by atoms with van der Waals surface area (Å²) in [5.74, 6) is -0.238. The van der Waals surface area contributed by atoms with Crippen LogP contribution in [0.1, 0.15) is 31.1 Å². The molecule has 0 aromatic heterocycles. The van der Waals surface area contributed by atoms with Crippen molar-refractivity contribution in [2.75, 3.05) is 18.1 Å². The van der Waals surface area contributed by atoms with Crippen molar-refractivity contribution in [3.63, 3.8) is 0 Å². The highest BCUT2D eigenvalue weighted by atomic mass is 32.2. The van der Waals surface area contributed by atoms with Gasteiger partial charge in [-0.1, -0.05) is 67.7 Å². The molecule has 1 atom stereocenters. The Kier molecular flexibility index (Phi) is 10.0. The molecule has 1 aromatic rings. The van der Waals surface area contributed by atoms with Crippen molar-refractivity contribution in [2.24, 2.45) is 5.92 Å². The zero-order valence-electron chi connectivity index (χ0n) is 15.1. The Morgan fingerprint density at radius 3 is 2.27 bits per heavy atom. The van der Waals surface area contributed by atoms with Crippen molar-refractivity contribution in [3.8, 4) is 0 Å². The molecule has 0 fully saturated rings. The average Bonchev–Trinajstić information content (AvgIpc) is 2.61. The number of amides is 2. The predicted molar refractivity (Wildman–Crippen MR) is 106 cm³/mol. The van der Waals surface area contributed by atoms with Gasteiger partial charge in [0.25, 0.3) is 0 Å². The molecule has 2 N–H and O–H groups in total. The minimum Gasteiger partial charge on any atom is -0.353 e. The fraction of sp³-hybridized carbons (Fsp3) is 0.444. The van der Waals surface area contributed by atoms with Gasteiger partial charge >= 0.3 is 0 Å². The molecular weight excluding hydrogens is 372 g/mol. The maximum atomic E-state index is 12.2. The highest BCUT2D eigenvalue weighted by molar-refractivity contribution is 8.14. The van der Waals surface area contributed by atoms with Crippen molar-refractivity contribution in [3.05, 3.63) is 35.9 Å². The van der Waals surface area contributed by atoms with Gasteiger partial charge in [-0.3, -0.25) is 19.2 Å². The quantitative estimate of drug-likeness (QED) is 0.621. The number of nitrogens with one attached hydrogen (secondary N) is 2. The molecule has 142 valence electrons. The third-order valence-corrected chi connectivity index (χ3v) is 5.36. The van der Waals surface area contributed by atoms with Crippen LogP contribution < -0.4 is 10.6 Å². The van der Waals surface area contributed by atoms with E-state index in [0.717, 1.165) is 23.5 Å². The molecule has 1 rings (SSSR count). The zero-order chi connectivity index (χ0) is 19.5. The molecule has 0 spiro atoms. The Bertz CT molecular complexity index is 635. The molecule has 0 radical (unpaired) electrons. The lowest BCUT2D eigenvalue weighted by atomic mass is 10.2. The number of rotatable bonds is 9.